The predicted molar refractivity (Wildman–Crippen MR) is 90.5 cm³/mol. The van der Waals surface area contributed by atoms with E-state index in [1.165, 1.54) is 0 Å². The van der Waals surface area contributed by atoms with Crippen LogP contribution in [0.25, 0.3) is 11.3 Å². The lowest BCUT2D eigenvalue weighted by molar-refractivity contribution is -0.115. The second kappa shape index (κ2) is 6.58. The van der Waals surface area contributed by atoms with Gasteiger partial charge in [0.1, 0.15) is 0 Å². The lowest BCUT2D eigenvalue weighted by Gasteiger charge is -2.07. The fourth-order valence-electron chi connectivity index (χ4n) is 2.17. The first kappa shape index (κ1) is 14.5. The predicted octanol–water partition coefficient (Wildman–Crippen LogP) is 4.02. The highest BCUT2D eigenvalue weighted by atomic mass is 79.9. The highest BCUT2D eigenvalue weighted by Crippen LogP contribution is 2.20. The number of imidazole rings is 1. The Balaban J connectivity index is 1.69. The van der Waals surface area contributed by atoms with Crippen LogP contribution in [0, 0.1) is 0 Å². The molecule has 0 fully saturated rings. The van der Waals surface area contributed by atoms with Crippen molar-refractivity contribution in [2.45, 2.75) is 6.42 Å². The number of hydrogen-bond acceptors (Lipinski definition) is 2. The van der Waals surface area contributed by atoms with E-state index < -0.39 is 0 Å². The number of amides is 1. The Hall–Kier alpha value is -2.40. The zero-order chi connectivity index (χ0) is 15.4. The van der Waals surface area contributed by atoms with Crippen LogP contribution < -0.4 is 5.32 Å². The van der Waals surface area contributed by atoms with Crippen LogP contribution in [-0.2, 0) is 11.2 Å². The molecule has 0 aliphatic rings. The number of anilines is 1. The quantitative estimate of drug-likeness (QED) is 0.742. The largest absolute Gasteiger partial charge is 0.345 e. The maximum Gasteiger partial charge on any atom is 0.228 e. The number of aromatic nitrogens is 2. The van der Waals surface area contributed by atoms with Gasteiger partial charge in [-0.05, 0) is 29.8 Å². The van der Waals surface area contributed by atoms with Gasteiger partial charge in [0.15, 0.2) is 0 Å². The molecule has 110 valence electrons. The molecular weight excluding hydrogens is 342 g/mol. The highest BCUT2D eigenvalue weighted by molar-refractivity contribution is 9.10. The normalized spacial score (nSPS) is 10.4. The summed E-state index contributed by atoms with van der Waals surface area (Å²) < 4.78 is 1.00. The molecule has 0 radical (unpaired) electrons. The third-order valence-corrected chi connectivity index (χ3v) is 3.76. The summed E-state index contributed by atoms with van der Waals surface area (Å²) in [5.41, 5.74) is 3.66. The standard InChI is InChI=1S/C17H14BrN3O/c18-14-6-4-12(5-7-14)8-17(22)21-15-3-1-2-13(9-15)16-10-19-11-20-16/h1-7,9-11H,8H2,(H,19,20)(H,21,22). The Bertz CT molecular complexity index is 767. The second-order valence-electron chi connectivity index (χ2n) is 4.90. The molecule has 0 aliphatic heterocycles. The summed E-state index contributed by atoms with van der Waals surface area (Å²) in [7, 11) is 0. The SMILES string of the molecule is O=C(Cc1ccc(Br)cc1)Nc1cccc(-c2cnc[nH]2)c1. The Morgan fingerprint density at radius 2 is 2.00 bits per heavy atom. The summed E-state index contributed by atoms with van der Waals surface area (Å²) in [5, 5.41) is 2.92. The van der Waals surface area contributed by atoms with Crippen LogP contribution in [0.1, 0.15) is 5.56 Å². The summed E-state index contributed by atoms with van der Waals surface area (Å²) in [6, 6.07) is 15.4. The molecule has 0 spiro atoms. The van der Waals surface area contributed by atoms with Crippen molar-refractivity contribution >= 4 is 27.5 Å². The van der Waals surface area contributed by atoms with Crippen LogP contribution in [0.15, 0.2) is 65.5 Å². The van der Waals surface area contributed by atoms with Crippen LogP contribution in [0.4, 0.5) is 5.69 Å². The number of carbonyl (C=O) groups excluding carboxylic acids is 1. The molecule has 4 nitrogen and oxygen atoms in total. The number of hydrogen-bond donors (Lipinski definition) is 2. The lowest BCUT2D eigenvalue weighted by atomic mass is 10.1. The smallest absolute Gasteiger partial charge is 0.228 e. The van der Waals surface area contributed by atoms with Gasteiger partial charge in [0, 0.05) is 15.7 Å². The van der Waals surface area contributed by atoms with E-state index >= 15 is 0 Å². The van der Waals surface area contributed by atoms with Gasteiger partial charge in [-0.25, -0.2) is 4.98 Å². The molecule has 0 saturated heterocycles. The molecule has 5 heteroatoms. The van der Waals surface area contributed by atoms with Crippen molar-refractivity contribution in [3.63, 3.8) is 0 Å². The van der Waals surface area contributed by atoms with Crippen molar-refractivity contribution in [2.75, 3.05) is 5.32 Å². The number of H-pyrrole nitrogens is 1. The van der Waals surface area contributed by atoms with Gasteiger partial charge in [-0.2, -0.15) is 0 Å². The Morgan fingerprint density at radius 1 is 1.18 bits per heavy atom. The number of nitrogens with one attached hydrogen (secondary N) is 2. The average molecular weight is 356 g/mol. The van der Waals surface area contributed by atoms with Crippen molar-refractivity contribution in [3.05, 3.63) is 71.1 Å². The highest BCUT2D eigenvalue weighted by Gasteiger charge is 2.06. The van der Waals surface area contributed by atoms with Crippen molar-refractivity contribution in [3.8, 4) is 11.3 Å². The molecule has 0 unspecified atom stereocenters. The van der Waals surface area contributed by atoms with E-state index in [-0.39, 0.29) is 5.91 Å². The van der Waals surface area contributed by atoms with E-state index in [0.29, 0.717) is 6.42 Å². The molecule has 3 rings (SSSR count). The van der Waals surface area contributed by atoms with Crippen molar-refractivity contribution in [2.24, 2.45) is 0 Å². The fourth-order valence-corrected chi connectivity index (χ4v) is 2.44. The first-order valence-corrected chi connectivity index (χ1v) is 7.63. The van der Waals surface area contributed by atoms with Crippen LogP contribution in [0.5, 0.6) is 0 Å². The van der Waals surface area contributed by atoms with Crippen LogP contribution >= 0.6 is 15.9 Å². The Labute approximate surface area is 136 Å². The molecule has 1 heterocycles. The second-order valence-corrected chi connectivity index (χ2v) is 5.81. The number of benzene rings is 2. The van der Waals surface area contributed by atoms with Crippen molar-refractivity contribution in [1.82, 2.24) is 9.97 Å². The van der Waals surface area contributed by atoms with Crippen molar-refractivity contribution < 1.29 is 4.79 Å². The van der Waals surface area contributed by atoms with E-state index in [2.05, 4.69) is 31.2 Å². The zero-order valence-corrected chi connectivity index (χ0v) is 13.3. The molecule has 0 atom stereocenters. The molecule has 0 aliphatic carbocycles. The van der Waals surface area contributed by atoms with Gasteiger partial charge in [-0.1, -0.05) is 40.2 Å². The minimum absolute atomic E-state index is 0.0379. The summed E-state index contributed by atoms with van der Waals surface area (Å²) in [5.74, 6) is -0.0379. The summed E-state index contributed by atoms with van der Waals surface area (Å²) >= 11 is 3.38. The van der Waals surface area contributed by atoms with Crippen molar-refractivity contribution in [1.29, 1.82) is 0 Å². The molecule has 0 saturated carbocycles. The van der Waals surface area contributed by atoms with Crippen LogP contribution in [0.2, 0.25) is 0 Å². The molecule has 0 bridgehead atoms. The van der Waals surface area contributed by atoms with E-state index in [0.717, 1.165) is 27.0 Å². The van der Waals surface area contributed by atoms with E-state index in [9.17, 15) is 4.79 Å². The maximum absolute atomic E-state index is 12.1. The third-order valence-electron chi connectivity index (χ3n) is 3.23. The number of halogens is 1. The van der Waals surface area contributed by atoms with Crippen LogP contribution in [-0.4, -0.2) is 15.9 Å². The topological polar surface area (TPSA) is 57.8 Å². The molecule has 2 N–H and O–H groups in total. The third kappa shape index (κ3) is 3.62. The number of rotatable bonds is 4. The van der Waals surface area contributed by atoms with Gasteiger partial charge in [-0.3, -0.25) is 4.79 Å². The van der Waals surface area contributed by atoms with Gasteiger partial charge < -0.3 is 10.3 Å². The minimum Gasteiger partial charge on any atom is -0.345 e. The van der Waals surface area contributed by atoms with Gasteiger partial charge >= 0.3 is 0 Å². The number of aromatic amines is 1. The zero-order valence-electron chi connectivity index (χ0n) is 11.7. The maximum atomic E-state index is 12.1. The molecule has 22 heavy (non-hydrogen) atoms. The van der Waals surface area contributed by atoms with E-state index in [4.69, 9.17) is 0 Å². The Kier molecular flexibility index (Phi) is 4.34. The van der Waals surface area contributed by atoms with Gasteiger partial charge in [0.05, 0.1) is 24.6 Å². The molecular formula is C17H14BrN3O. The van der Waals surface area contributed by atoms with Crippen LogP contribution in [0.3, 0.4) is 0 Å². The average Bonchev–Trinajstić information content (AvgIpc) is 3.04. The summed E-state index contributed by atoms with van der Waals surface area (Å²) in [6.07, 6.45) is 3.73. The Morgan fingerprint density at radius 3 is 2.73 bits per heavy atom. The summed E-state index contributed by atoms with van der Waals surface area (Å²) in [6.45, 7) is 0. The fraction of sp³-hybridized carbons (Fsp3) is 0.0588. The number of nitrogens with zero attached hydrogens (tertiary/aromatic N) is 1. The lowest BCUT2D eigenvalue weighted by Crippen LogP contribution is -2.14. The first-order valence-electron chi connectivity index (χ1n) is 6.84. The minimum atomic E-state index is -0.0379. The summed E-state index contributed by atoms with van der Waals surface area (Å²) in [4.78, 5) is 19.2. The van der Waals surface area contributed by atoms with E-state index in [1.807, 2.05) is 48.5 Å². The van der Waals surface area contributed by atoms with E-state index in [1.54, 1.807) is 12.5 Å². The monoisotopic (exact) mass is 355 g/mol. The number of carbonyl (C=O) groups is 1. The first-order chi connectivity index (χ1) is 10.7. The van der Waals surface area contributed by atoms with Gasteiger partial charge in [0.25, 0.3) is 0 Å². The molecule has 2 aromatic carbocycles. The molecule has 1 amide bonds. The van der Waals surface area contributed by atoms with Gasteiger partial charge in [-0.15, -0.1) is 0 Å². The molecule has 3 aromatic rings. The molecule has 1 aromatic heterocycles. The van der Waals surface area contributed by atoms with Gasteiger partial charge in [0.2, 0.25) is 5.91 Å².